The van der Waals surface area contributed by atoms with Gasteiger partial charge in [0.05, 0.1) is 6.61 Å². The van der Waals surface area contributed by atoms with E-state index in [4.69, 9.17) is 15.2 Å². The Kier molecular flexibility index (Phi) is 7.99. The molecule has 1 unspecified atom stereocenters. The predicted octanol–water partition coefficient (Wildman–Crippen LogP) is 1.02. The summed E-state index contributed by atoms with van der Waals surface area (Å²) < 4.78 is 10.1. The lowest BCUT2D eigenvalue weighted by atomic mass is 10.1. The molecule has 1 aromatic carbocycles. The summed E-state index contributed by atoms with van der Waals surface area (Å²) in [6.07, 6.45) is 1.06. The molecule has 0 radical (unpaired) electrons. The van der Waals surface area contributed by atoms with Crippen LogP contribution in [0.25, 0.3) is 0 Å². The lowest BCUT2D eigenvalue weighted by Gasteiger charge is -2.08. The maximum Gasteiger partial charge on any atom is 0.344 e. The zero-order valence-electron chi connectivity index (χ0n) is 13.1. The van der Waals surface area contributed by atoms with Gasteiger partial charge < -0.3 is 20.5 Å². The largest absolute Gasteiger partial charge is 0.482 e. The first-order valence-electron chi connectivity index (χ1n) is 7.41. The smallest absolute Gasteiger partial charge is 0.344 e. The van der Waals surface area contributed by atoms with E-state index in [0.29, 0.717) is 25.3 Å². The summed E-state index contributed by atoms with van der Waals surface area (Å²) in [5, 5.41) is 2.82. The van der Waals surface area contributed by atoms with Crippen molar-refractivity contribution in [1.29, 1.82) is 0 Å². The van der Waals surface area contributed by atoms with Crippen molar-refractivity contribution in [2.75, 3.05) is 19.8 Å². The molecule has 1 rings (SSSR count). The second kappa shape index (κ2) is 9.78. The van der Waals surface area contributed by atoms with Gasteiger partial charge in [-0.15, -0.1) is 0 Å². The lowest BCUT2D eigenvalue weighted by Crippen LogP contribution is -2.31. The van der Waals surface area contributed by atoms with Gasteiger partial charge in [0.25, 0.3) is 0 Å². The minimum absolute atomic E-state index is 0.0376. The number of rotatable bonds is 9. The Labute approximate surface area is 131 Å². The third-order valence-corrected chi connectivity index (χ3v) is 2.83. The fourth-order valence-corrected chi connectivity index (χ4v) is 1.81. The number of carbonyl (C=O) groups is 2. The summed E-state index contributed by atoms with van der Waals surface area (Å²) in [6, 6.07) is 7.25. The van der Waals surface area contributed by atoms with Crippen LogP contribution in [0.3, 0.4) is 0 Å². The van der Waals surface area contributed by atoms with Crippen molar-refractivity contribution < 1.29 is 19.1 Å². The standard InChI is InChI=1S/C16H24N2O4/c1-3-21-16(20)11-22-14-6-4-13(5-7-14)8-9-18-15(19)10-12(2)17/h4-7,12H,3,8-11,17H2,1-2H3,(H,18,19). The van der Waals surface area contributed by atoms with Gasteiger partial charge in [-0.2, -0.15) is 0 Å². The number of hydrogen-bond acceptors (Lipinski definition) is 5. The Bertz CT molecular complexity index is 472. The molecule has 1 aromatic rings. The highest BCUT2D eigenvalue weighted by molar-refractivity contribution is 5.76. The van der Waals surface area contributed by atoms with Crippen LogP contribution < -0.4 is 15.8 Å². The first-order valence-corrected chi connectivity index (χ1v) is 7.41. The molecule has 0 bridgehead atoms. The maximum absolute atomic E-state index is 11.4. The van der Waals surface area contributed by atoms with Gasteiger partial charge in [-0.3, -0.25) is 4.79 Å². The summed E-state index contributed by atoms with van der Waals surface area (Å²) in [5.74, 6) is 0.186. The van der Waals surface area contributed by atoms with Gasteiger partial charge in [0.2, 0.25) is 5.91 Å². The second-order valence-corrected chi connectivity index (χ2v) is 5.02. The van der Waals surface area contributed by atoms with Gasteiger partial charge in [0.1, 0.15) is 5.75 Å². The monoisotopic (exact) mass is 308 g/mol. The molecule has 3 N–H and O–H groups in total. The molecular weight excluding hydrogens is 284 g/mol. The van der Waals surface area contributed by atoms with Crippen LogP contribution in [0.15, 0.2) is 24.3 Å². The molecule has 6 nitrogen and oxygen atoms in total. The van der Waals surface area contributed by atoms with Gasteiger partial charge in [0, 0.05) is 19.0 Å². The number of hydrogen-bond donors (Lipinski definition) is 2. The van der Waals surface area contributed by atoms with Gasteiger partial charge >= 0.3 is 5.97 Å². The maximum atomic E-state index is 11.4. The van der Waals surface area contributed by atoms with E-state index in [1.807, 2.05) is 12.1 Å². The molecule has 0 spiro atoms. The van der Waals surface area contributed by atoms with Crippen LogP contribution in [-0.4, -0.2) is 37.7 Å². The van der Waals surface area contributed by atoms with Gasteiger partial charge in [0.15, 0.2) is 6.61 Å². The molecule has 122 valence electrons. The molecule has 0 aromatic heterocycles. The molecule has 6 heteroatoms. The summed E-state index contributed by atoms with van der Waals surface area (Å²) in [7, 11) is 0. The summed E-state index contributed by atoms with van der Waals surface area (Å²) in [4.78, 5) is 22.6. The van der Waals surface area contributed by atoms with E-state index in [1.54, 1.807) is 26.0 Å². The number of ether oxygens (including phenoxy) is 2. The molecule has 0 aliphatic carbocycles. The zero-order chi connectivity index (χ0) is 16.4. The summed E-state index contributed by atoms with van der Waals surface area (Å²) in [6.45, 7) is 4.36. The van der Waals surface area contributed by atoms with Gasteiger partial charge in [-0.25, -0.2) is 4.79 Å². The molecule has 1 atom stereocenters. The van der Waals surface area contributed by atoms with E-state index in [1.165, 1.54) is 0 Å². The van der Waals surface area contributed by atoms with Crippen LogP contribution in [-0.2, 0) is 20.7 Å². The number of esters is 1. The number of nitrogens with two attached hydrogens (primary N) is 1. The molecule has 0 aliphatic rings. The Hall–Kier alpha value is -2.08. The quantitative estimate of drug-likeness (QED) is 0.665. The molecule has 0 fully saturated rings. The van der Waals surface area contributed by atoms with Crippen LogP contribution in [0.5, 0.6) is 5.75 Å². The SMILES string of the molecule is CCOC(=O)COc1ccc(CCNC(=O)CC(C)N)cc1. The lowest BCUT2D eigenvalue weighted by molar-refractivity contribution is -0.145. The summed E-state index contributed by atoms with van der Waals surface area (Å²) >= 11 is 0. The molecule has 0 saturated heterocycles. The minimum Gasteiger partial charge on any atom is -0.482 e. The molecule has 0 aliphatic heterocycles. The third kappa shape index (κ3) is 7.64. The topological polar surface area (TPSA) is 90.6 Å². The van der Waals surface area contributed by atoms with Crippen molar-refractivity contribution in [3.63, 3.8) is 0 Å². The molecule has 0 saturated carbocycles. The highest BCUT2D eigenvalue weighted by Crippen LogP contribution is 2.12. The van der Waals surface area contributed by atoms with Crippen molar-refractivity contribution in [2.24, 2.45) is 5.73 Å². The van der Waals surface area contributed by atoms with E-state index in [-0.39, 0.29) is 24.5 Å². The predicted molar refractivity (Wildman–Crippen MR) is 83.6 cm³/mol. The van der Waals surface area contributed by atoms with Crippen LogP contribution in [0.1, 0.15) is 25.8 Å². The van der Waals surface area contributed by atoms with E-state index in [2.05, 4.69) is 5.32 Å². The number of carbonyl (C=O) groups excluding carboxylic acids is 2. The molecule has 0 heterocycles. The third-order valence-electron chi connectivity index (χ3n) is 2.83. The normalized spacial score (nSPS) is 11.6. The van der Waals surface area contributed by atoms with E-state index < -0.39 is 0 Å². The van der Waals surface area contributed by atoms with Crippen LogP contribution >= 0.6 is 0 Å². The number of benzene rings is 1. The number of amides is 1. The average Bonchev–Trinajstić information content (AvgIpc) is 2.46. The minimum atomic E-state index is -0.386. The van der Waals surface area contributed by atoms with Crippen LogP contribution in [0.2, 0.25) is 0 Å². The van der Waals surface area contributed by atoms with Crippen molar-refractivity contribution >= 4 is 11.9 Å². The van der Waals surface area contributed by atoms with Gasteiger partial charge in [-0.05, 0) is 38.0 Å². The van der Waals surface area contributed by atoms with Crippen molar-refractivity contribution in [2.45, 2.75) is 32.7 Å². The van der Waals surface area contributed by atoms with Crippen LogP contribution in [0.4, 0.5) is 0 Å². The second-order valence-electron chi connectivity index (χ2n) is 5.02. The molecule has 22 heavy (non-hydrogen) atoms. The number of nitrogens with one attached hydrogen (secondary N) is 1. The van der Waals surface area contributed by atoms with Crippen molar-refractivity contribution in [3.05, 3.63) is 29.8 Å². The highest BCUT2D eigenvalue weighted by atomic mass is 16.6. The Morgan fingerprint density at radius 2 is 1.95 bits per heavy atom. The average molecular weight is 308 g/mol. The van der Waals surface area contributed by atoms with E-state index in [0.717, 1.165) is 12.0 Å². The first-order chi connectivity index (χ1) is 10.5. The Balaban J connectivity index is 2.29. The fourth-order valence-electron chi connectivity index (χ4n) is 1.81. The molecule has 1 amide bonds. The van der Waals surface area contributed by atoms with E-state index >= 15 is 0 Å². The highest BCUT2D eigenvalue weighted by Gasteiger charge is 2.05. The zero-order valence-corrected chi connectivity index (χ0v) is 13.1. The Morgan fingerprint density at radius 1 is 1.27 bits per heavy atom. The Morgan fingerprint density at radius 3 is 2.55 bits per heavy atom. The van der Waals surface area contributed by atoms with Gasteiger partial charge in [-0.1, -0.05) is 12.1 Å². The van der Waals surface area contributed by atoms with Crippen molar-refractivity contribution in [1.82, 2.24) is 5.32 Å². The summed E-state index contributed by atoms with van der Waals surface area (Å²) in [5.41, 5.74) is 6.63. The van der Waals surface area contributed by atoms with E-state index in [9.17, 15) is 9.59 Å². The van der Waals surface area contributed by atoms with Crippen molar-refractivity contribution in [3.8, 4) is 5.75 Å². The van der Waals surface area contributed by atoms with Crippen LogP contribution in [0, 0.1) is 0 Å². The fraction of sp³-hybridized carbons (Fsp3) is 0.500. The molecular formula is C16H24N2O4. The first kappa shape index (κ1) is 18.0.